The molecule has 14 heteroatoms. The zero-order valence-electron chi connectivity index (χ0n) is 30.9. The van der Waals surface area contributed by atoms with Gasteiger partial charge in [-0.15, -0.1) is 0 Å². The monoisotopic (exact) mass is 722 g/mol. The van der Waals surface area contributed by atoms with E-state index >= 15 is 0 Å². The average Bonchev–Trinajstić information content (AvgIpc) is 3.83. The highest BCUT2D eigenvalue weighted by Crippen LogP contribution is 2.55. The van der Waals surface area contributed by atoms with Gasteiger partial charge in [0.1, 0.15) is 17.4 Å². The van der Waals surface area contributed by atoms with Crippen LogP contribution in [0.4, 0.5) is 0 Å². The third kappa shape index (κ3) is 5.99. The summed E-state index contributed by atoms with van der Waals surface area (Å²) in [4.78, 5) is 48.6. The number of carbonyl (C=O) groups is 3. The first-order valence-corrected chi connectivity index (χ1v) is 18.8. The molecule has 2 aliphatic carbocycles. The van der Waals surface area contributed by atoms with E-state index in [0.717, 1.165) is 17.7 Å². The second-order valence-electron chi connectivity index (χ2n) is 17.1. The molecule has 0 bridgehead atoms. The lowest BCUT2D eigenvalue weighted by molar-refractivity contribution is -0.145. The Labute approximate surface area is 307 Å². The summed E-state index contributed by atoms with van der Waals surface area (Å²) in [6.07, 6.45) is 11.1. The molecule has 2 amide bonds. The number of aromatic nitrogens is 6. The molecule has 53 heavy (non-hydrogen) atoms. The molecule has 3 aliphatic heterocycles. The third-order valence-electron chi connectivity index (χ3n) is 12.2. The summed E-state index contributed by atoms with van der Waals surface area (Å²) >= 11 is 0. The van der Waals surface area contributed by atoms with Gasteiger partial charge >= 0.3 is 5.97 Å². The maximum Gasteiger partial charge on any atom is 0.345 e. The number of fused-ring (bicyclic) bond motifs is 1. The molecule has 4 aromatic rings. The number of benzene rings is 1. The summed E-state index contributed by atoms with van der Waals surface area (Å²) in [5.41, 5.74) is 2.47. The van der Waals surface area contributed by atoms with Crippen molar-refractivity contribution in [2.45, 2.75) is 96.9 Å². The smallest absolute Gasteiger partial charge is 0.345 e. The first kappa shape index (κ1) is 33.8. The molecular weight excluding hydrogens is 676 g/mol. The van der Waals surface area contributed by atoms with Crippen LogP contribution in [-0.4, -0.2) is 89.3 Å². The maximum atomic E-state index is 14.1. The van der Waals surface area contributed by atoms with Crippen LogP contribution in [0.25, 0.3) is 0 Å². The van der Waals surface area contributed by atoms with E-state index in [1.54, 1.807) is 37.0 Å². The summed E-state index contributed by atoms with van der Waals surface area (Å²) in [5.74, 6) is 0.402. The lowest BCUT2D eigenvalue weighted by Crippen LogP contribution is -2.62. The molecule has 2 saturated carbocycles. The molecule has 2 saturated heterocycles. The normalized spacial score (nSPS) is 24.4. The minimum atomic E-state index is -1.06. The predicted octanol–water partition coefficient (Wildman–Crippen LogP) is 5.18. The van der Waals surface area contributed by atoms with Gasteiger partial charge in [-0.2, -0.15) is 15.2 Å². The SMILES string of the molecule is CC(c1nc(C2CN(C(=O)c3cnn(Cc4ccc5c(c4)OC(C)(C)OC5=O)c3)CC23CN(C(=O)[C@H]2CC2(C)C)C3)no1)n1ccc(C2CCCC2)n1. The second kappa shape index (κ2) is 12.0. The fraction of sp³-hybridized carbons (Fsp3) is 0.564. The van der Waals surface area contributed by atoms with Crippen molar-refractivity contribution in [3.63, 3.8) is 0 Å². The van der Waals surface area contributed by atoms with Crippen molar-refractivity contribution in [1.82, 2.24) is 39.5 Å². The molecule has 9 rings (SSSR count). The summed E-state index contributed by atoms with van der Waals surface area (Å²) in [6, 6.07) is 7.18. The first-order valence-electron chi connectivity index (χ1n) is 18.8. The number of likely N-dealkylation sites (tertiary alicyclic amines) is 2. The van der Waals surface area contributed by atoms with Crippen LogP contribution < -0.4 is 4.74 Å². The standard InChI is InChI=1S/C39H46N8O6/c1-23(47-13-12-30(42-47)25-8-6-7-9-25)33-41-32(43-53-33)29-19-44(20-39(29)21-45(22-39)35(49)28-15-37(28,2)3)34(48)26-16-40-46(18-26)17-24-10-11-27-31(14-24)51-38(4,5)52-36(27)50/h10-14,16,18,23,25,28-29H,6-9,15,17,19-22H2,1-5H3/t23?,28-,29?/m1/s1. The topological polar surface area (TPSA) is 151 Å². The Kier molecular flexibility index (Phi) is 7.66. The zero-order valence-corrected chi connectivity index (χ0v) is 30.9. The summed E-state index contributed by atoms with van der Waals surface area (Å²) < 4.78 is 20.7. The third-order valence-corrected chi connectivity index (χ3v) is 12.2. The minimum absolute atomic E-state index is 0.0362. The Bertz CT molecular complexity index is 2100. The van der Waals surface area contributed by atoms with Gasteiger partial charge < -0.3 is 23.8 Å². The molecule has 6 heterocycles. The Morgan fingerprint density at radius 3 is 2.53 bits per heavy atom. The number of hydrogen-bond donors (Lipinski definition) is 0. The maximum absolute atomic E-state index is 14.1. The number of carbonyl (C=O) groups excluding carboxylic acids is 3. The van der Waals surface area contributed by atoms with Crippen molar-refractivity contribution in [3.8, 4) is 5.75 Å². The highest BCUT2D eigenvalue weighted by Gasteiger charge is 2.61. The van der Waals surface area contributed by atoms with Crippen molar-refractivity contribution < 1.29 is 28.4 Å². The van der Waals surface area contributed by atoms with Crippen molar-refractivity contribution >= 4 is 17.8 Å². The average molecular weight is 723 g/mol. The number of amides is 2. The Morgan fingerprint density at radius 2 is 1.77 bits per heavy atom. The molecule has 278 valence electrons. The molecule has 3 aromatic heterocycles. The van der Waals surface area contributed by atoms with Gasteiger partial charge in [0.25, 0.3) is 11.8 Å². The molecule has 1 aromatic carbocycles. The number of cyclic esters (lactones) is 1. The van der Waals surface area contributed by atoms with Crippen LogP contribution in [0.2, 0.25) is 0 Å². The quantitative estimate of drug-likeness (QED) is 0.223. The fourth-order valence-corrected chi connectivity index (χ4v) is 8.87. The zero-order chi connectivity index (χ0) is 36.9. The molecular formula is C39H46N8O6. The van der Waals surface area contributed by atoms with Gasteiger partial charge in [0.15, 0.2) is 5.82 Å². The van der Waals surface area contributed by atoms with Crippen LogP contribution in [0.15, 0.2) is 47.4 Å². The number of nitrogens with zero attached hydrogens (tertiary/aromatic N) is 8. The number of rotatable bonds is 8. The molecule has 1 spiro atoms. The summed E-state index contributed by atoms with van der Waals surface area (Å²) in [6.45, 7) is 12.0. The van der Waals surface area contributed by atoms with Crippen LogP contribution in [0.5, 0.6) is 5.75 Å². The lowest BCUT2D eigenvalue weighted by Gasteiger charge is -2.50. The highest BCUT2D eigenvalue weighted by molar-refractivity contribution is 5.94. The molecule has 2 unspecified atom stereocenters. The van der Waals surface area contributed by atoms with E-state index in [9.17, 15) is 14.4 Å². The molecule has 5 aliphatic rings. The first-order chi connectivity index (χ1) is 25.3. The Hall–Kier alpha value is -5.01. The van der Waals surface area contributed by atoms with Gasteiger partial charge in [-0.1, -0.05) is 37.9 Å². The second-order valence-corrected chi connectivity index (χ2v) is 17.1. The largest absolute Gasteiger partial charge is 0.452 e. The van der Waals surface area contributed by atoms with Crippen molar-refractivity contribution in [3.05, 3.63) is 77.0 Å². The van der Waals surface area contributed by atoms with Crippen LogP contribution in [0, 0.1) is 16.7 Å². The van der Waals surface area contributed by atoms with Gasteiger partial charge in [0.2, 0.25) is 11.7 Å². The van der Waals surface area contributed by atoms with E-state index < -0.39 is 11.8 Å². The van der Waals surface area contributed by atoms with E-state index in [1.165, 1.54) is 25.7 Å². The fourth-order valence-electron chi connectivity index (χ4n) is 8.87. The number of esters is 1. The molecule has 0 radical (unpaired) electrons. The molecule has 4 fully saturated rings. The number of ether oxygens (including phenoxy) is 2. The highest BCUT2D eigenvalue weighted by atomic mass is 16.7. The van der Waals surface area contributed by atoms with Crippen LogP contribution in [-0.2, 0) is 16.1 Å². The van der Waals surface area contributed by atoms with Crippen molar-refractivity contribution in [2.75, 3.05) is 26.2 Å². The predicted molar refractivity (Wildman–Crippen MR) is 189 cm³/mol. The van der Waals surface area contributed by atoms with Crippen LogP contribution in [0.1, 0.15) is 128 Å². The summed E-state index contributed by atoms with van der Waals surface area (Å²) in [7, 11) is 0. The van der Waals surface area contributed by atoms with E-state index in [4.69, 9.17) is 24.1 Å². The van der Waals surface area contributed by atoms with Gasteiger partial charge in [0.05, 0.1) is 29.9 Å². The minimum Gasteiger partial charge on any atom is -0.452 e. The molecule has 3 atom stereocenters. The van der Waals surface area contributed by atoms with E-state index in [-0.39, 0.29) is 40.5 Å². The lowest BCUT2D eigenvalue weighted by atomic mass is 9.71. The van der Waals surface area contributed by atoms with Crippen molar-refractivity contribution in [1.29, 1.82) is 0 Å². The van der Waals surface area contributed by atoms with E-state index in [1.807, 2.05) is 39.7 Å². The van der Waals surface area contributed by atoms with Gasteiger partial charge in [0, 0.05) is 69.7 Å². The van der Waals surface area contributed by atoms with Crippen LogP contribution in [0.3, 0.4) is 0 Å². The van der Waals surface area contributed by atoms with Gasteiger partial charge in [-0.25, -0.2) is 4.79 Å². The van der Waals surface area contributed by atoms with E-state index in [2.05, 4.69) is 30.2 Å². The summed E-state index contributed by atoms with van der Waals surface area (Å²) in [5, 5.41) is 13.9. The van der Waals surface area contributed by atoms with Crippen LogP contribution >= 0.6 is 0 Å². The van der Waals surface area contributed by atoms with Gasteiger partial charge in [-0.05, 0) is 55.4 Å². The molecule has 0 N–H and O–H groups in total. The van der Waals surface area contributed by atoms with E-state index in [0.29, 0.717) is 67.2 Å². The Balaban J connectivity index is 0.927. The van der Waals surface area contributed by atoms with Crippen molar-refractivity contribution in [2.24, 2.45) is 16.7 Å². The van der Waals surface area contributed by atoms with Gasteiger partial charge in [-0.3, -0.25) is 19.0 Å². The Morgan fingerprint density at radius 1 is 1.02 bits per heavy atom. The molecule has 14 nitrogen and oxygen atoms in total. The number of hydrogen-bond acceptors (Lipinski definition) is 10.